The van der Waals surface area contributed by atoms with E-state index >= 15 is 0 Å². The smallest absolute Gasteiger partial charge is 0.341 e. The van der Waals surface area contributed by atoms with E-state index in [1.54, 1.807) is 24.3 Å². The highest BCUT2D eigenvalue weighted by Gasteiger charge is 2.40. The summed E-state index contributed by atoms with van der Waals surface area (Å²) in [6.45, 7) is 4.35. The van der Waals surface area contributed by atoms with Gasteiger partial charge in [-0.25, -0.2) is 13.2 Å². The van der Waals surface area contributed by atoms with Gasteiger partial charge >= 0.3 is 5.97 Å². The average molecular weight is 477 g/mol. The van der Waals surface area contributed by atoms with Gasteiger partial charge in [-0.05, 0) is 62.6 Å². The predicted octanol–water partition coefficient (Wildman–Crippen LogP) is 3.76. The molecule has 1 aromatic heterocycles. The number of thiophene rings is 1. The molecule has 1 amide bonds. The number of benzene rings is 1. The zero-order chi connectivity index (χ0) is 23.0. The van der Waals surface area contributed by atoms with Crippen molar-refractivity contribution in [2.75, 3.05) is 19.0 Å². The van der Waals surface area contributed by atoms with Crippen LogP contribution in [0.5, 0.6) is 0 Å². The molecule has 0 saturated carbocycles. The molecule has 0 bridgehead atoms. The van der Waals surface area contributed by atoms with Crippen molar-refractivity contribution in [2.24, 2.45) is 5.92 Å². The highest BCUT2D eigenvalue weighted by Crippen LogP contribution is 2.40. The number of nitrogens with one attached hydrogen (secondary N) is 1. The third-order valence-corrected chi connectivity index (χ3v) is 9.36. The predicted molar refractivity (Wildman–Crippen MR) is 124 cm³/mol. The molecule has 2 heterocycles. The van der Waals surface area contributed by atoms with E-state index in [0.717, 1.165) is 35.3 Å². The van der Waals surface area contributed by atoms with Crippen molar-refractivity contribution >= 4 is 38.2 Å². The van der Waals surface area contributed by atoms with Crippen LogP contribution in [0.1, 0.15) is 52.5 Å². The number of aryl methyl sites for hydroxylation is 1. The molecule has 2 atom stereocenters. The van der Waals surface area contributed by atoms with Crippen molar-refractivity contribution in [3.63, 3.8) is 0 Å². The van der Waals surface area contributed by atoms with Gasteiger partial charge in [-0.3, -0.25) is 4.79 Å². The number of rotatable bonds is 5. The third kappa shape index (κ3) is 4.21. The quantitative estimate of drug-likeness (QED) is 0.664. The second-order valence-corrected chi connectivity index (χ2v) is 11.6. The number of fused-ring (bicyclic) bond motifs is 1. The molecule has 1 saturated heterocycles. The number of nitrogens with zero attached hydrogens (tertiary/aromatic N) is 1. The Balaban J connectivity index is 1.61. The van der Waals surface area contributed by atoms with E-state index in [9.17, 15) is 18.0 Å². The zero-order valence-electron chi connectivity index (χ0n) is 18.5. The van der Waals surface area contributed by atoms with E-state index in [1.807, 2.05) is 6.92 Å². The number of anilines is 1. The zero-order valence-corrected chi connectivity index (χ0v) is 20.1. The van der Waals surface area contributed by atoms with Crippen molar-refractivity contribution in [3.8, 4) is 0 Å². The lowest BCUT2D eigenvalue weighted by Gasteiger charge is -2.23. The highest BCUT2D eigenvalue weighted by atomic mass is 32.2. The Hall–Kier alpha value is -2.23. The molecule has 2 unspecified atom stereocenters. The molecule has 0 radical (unpaired) electrons. The van der Waals surface area contributed by atoms with Gasteiger partial charge < -0.3 is 10.1 Å². The molecule has 1 aliphatic carbocycles. The number of methoxy groups -OCH3 is 1. The molecule has 0 spiro atoms. The van der Waals surface area contributed by atoms with E-state index in [-0.39, 0.29) is 11.4 Å². The summed E-state index contributed by atoms with van der Waals surface area (Å²) in [5.41, 5.74) is 2.33. The van der Waals surface area contributed by atoms with Gasteiger partial charge in [0.05, 0.1) is 17.6 Å². The lowest BCUT2D eigenvalue weighted by Crippen LogP contribution is -2.43. The van der Waals surface area contributed by atoms with Gasteiger partial charge in [0.1, 0.15) is 11.0 Å². The number of ether oxygens (including phenoxy) is 1. The van der Waals surface area contributed by atoms with Crippen LogP contribution in [0, 0.1) is 12.8 Å². The van der Waals surface area contributed by atoms with Gasteiger partial charge in [-0.2, -0.15) is 4.31 Å². The molecule has 7 nitrogen and oxygen atoms in total. The first kappa shape index (κ1) is 22.9. The molecule has 32 heavy (non-hydrogen) atoms. The molecule has 172 valence electrons. The van der Waals surface area contributed by atoms with Gasteiger partial charge in [0.2, 0.25) is 15.9 Å². The summed E-state index contributed by atoms with van der Waals surface area (Å²) in [4.78, 5) is 27.0. The summed E-state index contributed by atoms with van der Waals surface area (Å²) in [5.74, 6) is -0.363. The Morgan fingerprint density at radius 3 is 2.59 bits per heavy atom. The van der Waals surface area contributed by atoms with Gasteiger partial charge in [-0.15, -0.1) is 11.3 Å². The van der Waals surface area contributed by atoms with Crippen molar-refractivity contribution < 1.29 is 22.7 Å². The van der Waals surface area contributed by atoms with Crippen molar-refractivity contribution in [1.29, 1.82) is 0 Å². The number of carbonyl (C=O) groups excluding carboxylic acids is 2. The van der Waals surface area contributed by atoms with E-state index in [0.29, 0.717) is 29.3 Å². The average Bonchev–Trinajstić information content (AvgIpc) is 3.38. The molecule has 9 heteroatoms. The first-order valence-corrected chi connectivity index (χ1v) is 13.1. The highest BCUT2D eigenvalue weighted by molar-refractivity contribution is 7.89. The van der Waals surface area contributed by atoms with Gasteiger partial charge in [0, 0.05) is 11.4 Å². The number of esters is 1. The Kier molecular flexibility index (Phi) is 6.42. The molecule has 2 aromatic rings. The third-order valence-electron chi connectivity index (χ3n) is 6.27. The summed E-state index contributed by atoms with van der Waals surface area (Å²) in [5, 5.41) is 3.33. The fraction of sp³-hybridized carbons (Fsp3) is 0.478. The van der Waals surface area contributed by atoms with E-state index in [2.05, 4.69) is 12.2 Å². The van der Waals surface area contributed by atoms with Crippen molar-refractivity contribution in [1.82, 2.24) is 4.31 Å². The van der Waals surface area contributed by atoms with Crippen LogP contribution in [0.3, 0.4) is 0 Å². The maximum Gasteiger partial charge on any atom is 0.341 e. The first-order valence-electron chi connectivity index (χ1n) is 10.8. The molecular weight excluding hydrogens is 448 g/mol. The molecular formula is C23H28N2O5S2. The summed E-state index contributed by atoms with van der Waals surface area (Å²) < 4.78 is 32.7. The number of hydrogen-bond acceptors (Lipinski definition) is 6. The van der Waals surface area contributed by atoms with Crippen LogP contribution in [0.4, 0.5) is 5.00 Å². The van der Waals surface area contributed by atoms with Crippen LogP contribution >= 0.6 is 11.3 Å². The topological polar surface area (TPSA) is 92.8 Å². The number of amides is 1. The molecule has 4 rings (SSSR count). The minimum absolute atomic E-state index is 0.179. The Labute approximate surface area is 192 Å². The standard InChI is InChI=1S/C23H28N2O5S2/c1-14-6-9-16(10-7-14)32(28,29)25-12-4-5-18(25)21(26)24-22-20(23(27)30-3)17-11-8-15(2)13-19(17)31-22/h6-7,9-10,15,18H,4-5,8,11-13H2,1-3H3,(H,24,26). The Morgan fingerprint density at radius 2 is 1.91 bits per heavy atom. The van der Waals surface area contributed by atoms with E-state index in [1.165, 1.54) is 22.8 Å². The number of hydrogen-bond donors (Lipinski definition) is 1. The van der Waals surface area contributed by atoms with Crippen molar-refractivity contribution in [3.05, 3.63) is 45.8 Å². The van der Waals surface area contributed by atoms with Gasteiger partial charge in [-0.1, -0.05) is 24.6 Å². The second kappa shape index (κ2) is 8.96. The normalized spacial score (nSPS) is 21.2. The van der Waals surface area contributed by atoms with Gasteiger partial charge in [0.15, 0.2) is 0 Å². The van der Waals surface area contributed by atoms with Crippen LogP contribution in [-0.2, 0) is 32.4 Å². The SMILES string of the molecule is COC(=O)c1c(NC(=O)C2CCCN2S(=O)(=O)c2ccc(C)cc2)sc2c1CCC(C)C2. The summed E-state index contributed by atoms with van der Waals surface area (Å²) in [6.07, 6.45) is 3.65. The first-order chi connectivity index (χ1) is 15.2. The van der Waals surface area contributed by atoms with Crippen LogP contribution in [0.2, 0.25) is 0 Å². The second-order valence-electron chi connectivity index (χ2n) is 8.62. The van der Waals surface area contributed by atoms with E-state index in [4.69, 9.17) is 4.74 Å². The number of sulfonamides is 1. The molecule has 1 aromatic carbocycles. The molecule has 1 N–H and O–H groups in total. The largest absolute Gasteiger partial charge is 0.465 e. The van der Waals surface area contributed by atoms with Crippen molar-refractivity contribution in [2.45, 2.75) is 56.9 Å². The van der Waals surface area contributed by atoms with E-state index < -0.39 is 27.9 Å². The Morgan fingerprint density at radius 1 is 1.19 bits per heavy atom. The molecule has 1 fully saturated rings. The minimum Gasteiger partial charge on any atom is -0.465 e. The lowest BCUT2D eigenvalue weighted by atomic mass is 9.88. The Bertz CT molecular complexity index is 1140. The maximum absolute atomic E-state index is 13.2. The molecule has 2 aliphatic rings. The lowest BCUT2D eigenvalue weighted by molar-refractivity contribution is -0.119. The summed E-state index contributed by atoms with van der Waals surface area (Å²) in [7, 11) is -2.47. The van der Waals surface area contributed by atoms with Crippen LogP contribution in [0.15, 0.2) is 29.2 Å². The van der Waals surface area contributed by atoms with Crippen LogP contribution in [0.25, 0.3) is 0 Å². The van der Waals surface area contributed by atoms with Crippen LogP contribution in [-0.4, -0.2) is 44.3 Å². The fourth-order valence-corrected chi connectivity index (χ4v) is 7.55. The monoisotopic (exact) mass is 476 g/mol. The summed E-state index contributed by atoms with van der Waals surface area (Å²) in [6, 6.07) is 5.82. The maximum atomic E-state index is 13.2. The fourth-order valence-electron chi connectivity index (χ4n) is 4.49. The minimum atomic E-state index is -3.80. The molecule has 1 aliphatic heterocycles. The van der Waals surface area contributed by atoms with Gasteiger partial charge in [0.25, 0.3) is 0 Å². The van der Waals surface area contributed by atoms with Crippen LogP contribution < -0.4 is 5.32 Å². The summed E-state index contributed by atoms with van der Waals surface area (Å²) >= 11 is 1.40. The number of carbonyl (C=O) groups is 2.